The zero-order valence-electron chi connectivity index (χ0n) is 13.7. The lowest BCUT2D eigenvalue weighted by Gasteiger charge is -2.36. The number of hydrogen-bond donors (Lipinski definition) is 2. The van der Waals surface area contributed by atoms with Crippen molar-refractivity contribution in [2.24, 2.45) is 16.7 Å². The lowest BCUT2D eigenvalue weighted by Crippen LogP contribution is -2.43. The minimum atomic E-state index is -3.72. The number of Topliss-reactive ketones (excluding diaryl/α,β-unsaturated/α-hetero) is 1. The van der Waals surface area contributed by atoms with Gasteiger partial charge in [0.05, 0.1) is 16.7 Å². The Bertz CT molecular complexity index is 797. The molecule has 3 rings (SSSR count). The number of carbonyl (C=O) groups is 2. The van der Waals surface area contributed by atoms with Gasteiger partial charge >= 0.3 is 5.97 Å². The van der Waals surface area contributed by atoms with Crippen molar-refractivity contribution in [3.63, 3.8) is 0 Å². The maximum absolute atomic E-state index is 12.6. The van der Waals surface area contributed by atoms with Crippen molar-refractivity contribution >= 4 is 27.5 Å². The fourth-order valence-electron chi connectivity index (χ4n) is 4.33. The van der Waals surface area contributed by atoms with E-state index in [2.05, 4.69) is 4.72 Å². The largest absolute Gasteiger partial charge is 0.478 e. The first-order valence-electron chi connectivity index (χ1n) is 7.95. The van der Waals surface area contributed by atoms with Crippen LogP contribution < -0.4 is 4.72 Å². The van der Waals surface area contributed by atoms with Gasteiger partial charge in [0.15, 0.2) is 0 Å². The Morgan fingerprint density at radius 3 is 2.38 bits per heavy atom. The number of ketones is 1. The van der Waals surface area contributed by atoms with E-state index in [0.29, 0.717) is 18.5 Å². The fraction of sp³-hybridized carbons (Fsp3) is 0.529. The number of sulfonamides is 1. The van der Waals surface area contributed by atoms with Crippen LogP contribution in [0.3, 0.4) is 0 Å². The van der Waals surface area contributed by atoms with Crippen LogP contribution in [0.2, 0.25) is 0 Å². The van der Waals surface area contributed by atoms with E-state index in [0.717, 1.165) is 6.42 Å². The van der Waals surface area contributed by atoms with Gasteiger partial charge in [0.25, 0.3) is 0 Å². The summed E-state index contributed by atoms with van der Waals surface area (Å²) < 4.78 is 27.7. The molecule has 6 nitrogen and oxygen atoms in total. The van der Waals surface area contributed by atoms with Gasteiger partial charge in [-0.2, -0.15) is 0 Å². The van der Waals surface area contributed by atoms with Crippen molar-refractivity contribution in [2.75, 3.05) is 10.5 Å². The molecule has 0 saturated heterocycles. The van der Waals surface area contributed by atoms with E-state index in [1.54, 1.807) is 0 Å². The van der Waals surface area contributed by atoms with Crippen LogP contribution >= 0.6 is 0 Å². The molecule has 1 aromatic carbocycles. The zero-order valence-corrected chi connectivity index (χ0v) is 14.5. The molecule has 0 radical (unpaired) electrons. The van der Waals surface area contributed by atoms with Crippen molar-refractivity contribution in [2.45, 2.75) is 33.1 Å². The van der Waals surface area contributed by atoms with E-state index < -0.39 is 21.4 Å². The van der Waals surface area contributed by atoms with Gasteiger partial charge in [-0.05, 0) is 48.4 Å². The van der Waals surface area contributed by atoms with Crippen molar-refractivity contribution in [3.8, 4) is 0 Å². The molecule has 1 aromatic rings. The summed E-state index contributed by atoms with van der Waals surface area (Å²) in [4.78, 5) is 23.3. The molecule has 0 spiro atoms. The van der Waals surface area contributed by atoms with Crippen molar-refractivity contribution in [1.29, 1.82) is 0 Å². The number of fused-ring (bicyclic) bond motifs is 2. The zero-order chi connectivity index (χ0) is 17.8. The molecule has 2 atom stereocenters. The van der Waals surface area contributed by atoms with Crippen LogP contribution in [-0.4, -0.2) is 31.0 Å². The fourth-order valence-corrected chi connectivity index (χ4v) is 6.22. The predicted molar refractivity (Wildman–Crippen MR) is 89.4 cm³/mol. The Labute approximate surface area is 141 Å². The van der Waals surface area contributed by atoms with Crippen LogP contribution in [0, 0.1) is 16.7 Å². The predicted octanol–water partition coefficient (Wildman–Crippen LogP) is 2.52. The highest BCUT2D eigenvalue weighted by molar-refractivity contribution is 7.92. The third kappa shape index (κ3) is 2.51. The molecule has 0 amide bonds. The average molecular weight is 351 g/mol. The summed E-state index contributed by atoms with van der Waals surface area (Å²) in [5, 5.41) is 8.88. The number of carbonyl (C=O) groups excluding carboxylic acids is 1. The average Bonchev–Trinajstić information content (AvgIpc) is 2.81. The summed E-state index contributed by atoms with van der Waals surface area (Å²) >= 11 is 0. The Balaban J connectivity index is 1.81. The smallest absolute Gasteiger partial charge is 0.335 e. The molecule has 2 bridgehead atoms. The minimum Gasteiger partial charge on any atom is -0.478 e. The lowest BCUT2D eigenvalue weighted by molar-refractivity contribution is -0.128. The number of carboxylic acids is 1. The first-order chi connectivity index (χ1) is 11.1. The van der Waals surface area contributed by atoms with Crippen molar-refractivity contribution in [3.05, 3.63) is 29.8 Å². The molecule has 2 fully saturated rings. The summed E-state index contributed by atoms with van der Waals surface area (Å²) in [7, 11) is -3.72. The molecule has 0 heterocycles. The molecule has 2 unspecified atom stereocenters. The van der Waals surface area contributed by atoms with E-state index in [1.807, 2.05) is 13.8 Å². The first-order valence-corrected chi connectivity index (χ1v) is 9.60. The molecule has 2 N–H and O–H groups in total. The normalized spacial score (nSPS) is 28.1. The van der Waals surface area contributed by atoms with Gasteiger partial charge in [-0.15, -0.1) is 0 Å². The lowest BCUT2D eigenvalue weighted by atomic mass is 9.70. The molecule has 2 saturated carbocycles. The molecular weight excluding hydrogens is 330 g/mol. The Kier molecular flexibility index (Phi) is 3.75. The molecule has 0 aromatic heterocycles. The SMILES string of the molecule is CC1(C)C2CCC1(CS(=O)(=O)Nc1ccc(C(=O)O)cc1)C(=O)C2. The van der Waals surface area contributed by atoms with Gasteiger partial charge < -0.3 is 5.11 Å². The quantitative estimate of drug-likeness (QED) is 0.849. The standard InChI is InChI=1S/C17H21NO5S/c1-16(2)12-7-8-17(16,14(19)9-12)10-24(22,23)18-13-5-3-11(4-6-13)15(20)21/h3-6,12,18H,7-10H2,1-2H3,(H,20,21). The van der Waals surface area contributed by atoms with E-state index in [4.69, 9.17) is 5.11 Å². The molecule has 24 heavy (non-hydrogen) atoms. The number of hydrogen-bond acceptors (Lipinski definition) is 4. The van der Waals surface area contributed by atoms with Crippen LogP contribution in [0.1, 0.15) is 43.5 Å². The molecule has 0 aliphatic heterocycles. The summed E-state index contributed by atoms with van der Waals surface area (Å²) in [6, 6.07) is 5.51. The number of anilines is 1. The van der Waals surface area contributed by atoms with E-state index in [1.165, 1.54) is 24.3 Å². The van der Waals surface area contributed by atoms with Gasteiger partial charge in [-0.1, -0.05) is 13.8 Å². The Hall–Kier alpha value is -1.89. The molecule has 7 heteroatoms. The van der Waals surface area contributed by atoms with Crippen LogP contribution in [0.15, 0.2) is 24.3 Å². The second kappa shape index (κ2) is 5.31. The van der Waals surface area contributed by atoms with Crippen molar-refractivity contribution < 1.29 is 23.1 Å². The molecule has 2 aliphatic rings. The maximum atomic E-state index is 12.6. The number of benzene rings is 1. The number of aromatic carboxylic acids is 1. The Morgan fingerprint density at radius 1 is 1.29 bits per heavy atom. The summed E-state index contributed by atoms with van der Waals surface area (Å²) in [6.07, 6.45) is 1.97. The van der Waals surface area contributed by atoms with Crippen LogP contribution in [0.5, 0.6) is 0 Å². The number of rotatable bonds is 5. The molecule has 2 aliphatic carbocycles. The summed E-state index contributed by atoms with van der Waals surface area (Å²) in [5.41, 5.74) is -0.743. The van der Waals surface area contributed by atoms with Gasteiger partial charge in [-0.25, -0.2) is 13.2 Å². The van der Waals surface area contributed by atoms with E-state index >= 15 is 0 Å². The number of nitrogens with one attached hydrogen (secondary N) is 1. The van der Waals surface area contributed by atoms with Crippen LogP contribution in [0.4, 0.5) is 5.69 Å². The summed E-state index contributed by atoms with van der Waals surface area (Å²) in [5.74, 6) is -0.979. The van der Waals surface area contributed by atoms with Gasteiger partial charge in [0, 0.05) is 12.1 Å². The van der Waals surface area contributed by atoms with E-state index in [9.17, 15) is 18.0 Å². The minimum absolute atomic E-state index is 0.0513. The maximum Gasteiger partial charge on any atom is 0.335 e. The second-order valence-corrected chi connectivity index (χ2v) is 9.13. The van der Waals surface area contributed by atoms with E-state index in [-0.39, 0.29) is 28.4 Å². The van der Waals surface area contributed by atoms with Gasteiger partial charge in [0.2, 0.25) is 10.0 Å². The summed E-state index contributed by atoms with van der Waals surface area (Å²) in [6.45, 7) is 3.99. The second-order valence-electron chi connectivity index (χ2n) is 7.41. The highest BCUT2D eigenvalue weighted by Gasteiger charge is 2.65. The highest BCUT2D eigenvalue weighted by atomic mass is 32.2. The highest BCUT2D eigenvalue weighted by Crippen LogP contribution is 2.64. The van der Waals surface area contributed by atoms with Gasteiger partial charge in [0.1, 0.15) is 5.78 Å². The molecular formula is C17H21NO5S. The van der Waals surface area contributed by atoms with Crippen LogP contribution in [-0.2, 0) is 14.8 Å². The van der Waals surface area contributed by atoms with Crippen molar-refractivity contribution in [1.82, 2.24) is 0 Å². The third-order valence-corrected chi connectivity index (χ3v) is 7.40. The third-order valence-electron chi connectivity index (χ3n) is 5.98. The van der Waals surface area contributed by atoms with Crippen LogP contribution in [0.25, 0.3) is 0 Å². The van der Waals surface area contributed by atoms with Gasteiger partial charge in [-0.3, -0.25) is 9.52 Å². The Morgan fingerprint density at radius 2 is 1.92 bits per heavy atom. The monoisotopic (exact) mass is 351 g/mol. The first kappa shape index (κ1) is 17.0. The molecule has 130 valence electrons. The number of carboxylic acid groups (broad SMARTS) is 1. The topological polar surface area (TPSA) is 101 Å².